The molecule has 0 N–H and O–H groups in total. The molecule has 0 aromatic heterocycles. The van der Waals surface area contributed by atoms with Crippen LogP contribution in [-0.2, 0) is 9.84 Å². The number of rotatable bonds is 10. The SMILES string of the molecule is Cc1ccc(Oc2ccc(S(=O)(=O)c3ccc(Oc4ccc(-c5ccc(Oc6c(F)c(F)c(-c7c(F)c(F)c(F)c(F)c7F)c(F)c6F)cc5)cc4)cc3)cc2)cc1. The summed E-state index contributed by atoms with van der Waals surface area (Å²) in [5.41, 5.74) is -2.15. The third-order valence-corrected chi connectivity index (χ3v) is 10.5. The Hall–Kier alpha value is -6.74. The minimum absolute atomic E-state index is 0.0386. The third-order valence-electron chi connectivity index (χ3n) is 8.71. The molecule has 7 aromatic carbocycles. The zero-order valence-electron chi connectivity index (χ0n) is 29.4. The zero-order valence-corrected chi connectivity index (χ0v) is 30.2. The number of aryl methyl sites for hydroxylation is 1. The summed E-state index contributed by atoms with van der Waals surface area (Å²) in [6.07, 6.45) is 0. The van der Waals surface area contributed by atoms with E-state index in [4.69, 9.17) is 14.2 Å². The van der Waals surface area contributed by atoms with Gasteiger partial charge in [0.15, 0.2) is 34.9 Å². The quantitative estimate of drug-likeness (QED) is 0.0781. The van der Waals surface area contributed by atoms with Crippen molar-refractivity contribution in [2.75, 3.05) is 0 Å². The lowest BCUT2D eigenvalue weighted by Gasteiger charge is -2.15. The van der Waals surface area contributed by atoms with Crippen molar-refractivity contribution in [1.29, 1.82) is 0 Å². The van der Waals surface area contributed by atoms with E-state index in [-0.39, 0.29) is 15.5 Å². The molecule has 0 aliphatic carbocycles. The molecule has 294 valence electrons. The Morgan fingerprint density at radius 2 is 0.621 bits per heavy atom. The normalized spacial score (nSPS) is 11.4. The Morgan fingerprint density at radius 3 is 0.983 bits per heavy atom. The standard InChI is InChI=1S/C43H23F9O5S/c1-22-2-8-25(9-3-22)55-27-14-18-30(19-15-27)58(53,54)31-20-16-28(17-21-31)56-26-10-4-23(5-11-26)24-6-12-29(13-7-24)57-43-41(51)36(46)33(37(47)42(43)52)32-34(44)38(48)40(50)39(49)35(32)45/h2-21H,1H3. The number of hydrogen-bond acceptors (Lipinski definition) is 5. The van der Waals surface area contributed by atoms with Crippen molar-refractivity contribution in [2.24, 2.45) is 0 Å². The molecule has 0 saturated carbocycles. The van der Waals surface area contributed by atoms with Gasteiger partial charge < -0.3 is 14.2 Å². The molecule has 7 aromatic rings. The maximum atomic E-state index is 14.9. The molecule has 7 rings (SSSR count). The Balaban J connectivity index is 1.01. The largest absolute Gasteiger partial charge is 0.457 e. The molecule has 5 nitrogen and oxygen atoms in total. The summed E-state index contributed by atoms with van der Waals surface area (Å²) in [5, 5.41) is 0. The first-order chi connectivity index (χ1) is 27.6. The van der Waals surface area contributed by atoms with Crippen LogP contribution in [0.15, 0.2) is 131 Å². The van der Waals surface area contributed by atoms with E-state index in [1.165, 1.54) is 60.7 Å². The lowest BCUT2D eigenvalue weighted by atomic mass is 10.0. The van der Waals surface area contributed by atoms with Crippen molar-refractivity contribution in [1.82, 2.24) is 0 Å². The van der Waals surface area contributed by atoms with Gasteiger partial charge in [0, 0.05) is 0 Å². The minimum atomic E-state index is -3.86. The Kier molecular flexibility index (Phi) is 10.7. The van der Waals surface area contributed by atoms with Crippen LogP contribution >= 0.6 is 0 Å². The fourth-order valence-electron chi connectivity index (χ4n) is 5.68. The monoisotopic (exact) mass is 822 g/mol. The second kappa shape index (κ2) is 15.7. The number of benzene rings is 7. The number of sulfone groups is 1. The molecular formula is C43H23F9O5S. The van der Waals surface area contributed by atoms with Crippen LogP contribution in [0.5, 0.6) is 34.5 Å². The fourth-order valence-corrected chi connectivity index (χ4v) is 6.94. The molecule has 0 aliphatic heterocycles. The van der Waals surface area contributed by atoms with Crippen molar-refractivity contribution in [2.45, 2.75) is 16.7 Å². The van der Waals surface area contributed by atoms with E-state index >= 15 is 0 Å². The van der Waals surface area contributed by atoms with E-state index in [0.29, 0.717) is 34.1 Å². The maximum Gasteiger partial charge on any atom is 0.206 e. The molecule has 0 saturated heterocycles. The first-order valence-corrected chi connectivity index (χ1v) is 18.3. The average molecular weight is 823 g/mol. The van der Waals surface area contributed by atoms with Crippen LogP contribution in [0.4, 0.5) is 39.5 Å². The molecule has 0 aliphatic rings. The smallest absolute Gasteiger partial charge is 0.206 e. The van der Waals surface area contributed by atoms with Crippen molar-refractivity contribution in [3.05, 3.63) is 179 Å². The molecule has 0 fully saturated rings. The van der Waals surface area contributed by atoms with E-state index in [1.807, 2.05) is 31.2 Å². The highest BCUT2D eigenvalue weighted by Gasteiger charge is 2.35. The molecule has 0 spiro atoms. The molecule has 58 heavy (non-hydrogen) atoms. The average Bonchev–Trinajstić information content (AvgIpc) is 3.23. The lowest BCUT2D eigenvalue weighted by molar-refractivity contribution is 0.363. The highest BCUT2D eigenvalue weighted by Crippen LogP contribution is 2.41. The molecule has 0 heterocycles. The summed E-state index contributed by atoms with van der Waals surface area (Å²) in [5.74, 6) is -23.0. The third kappa shape index (κ3) is 7.55. The van der Waals surface area contributed by atoms with Crippen molar-refractivity contribution in [3.63, 3.8) is 0 Å². The van der Waals surface area contributed by atoms with Gasteiger partial charge in [-0.25, -0.2) is 39.2 Å². The summed E-state index contributed by atoms with van der Waals surface area (Å²) in [4.78, 5) is 0.108. The van der Waals surface area contributed by atoms with Crippen LogP contribution < -0.4 is 14.2 Å². The lowest BCUT2D eigenvalue weighted by Crippen LogP contribution is -2.09. The molecule has 15 heteroatoms. The van der Waals surface area contributed by atoms with Gasteiger partial charge in [-0.3, -0.25) is 0 Å². The van der Waals surface area contributed by atoms with Gasteiger partial charge in [0.1, 0.15) is 28.7 Å². The first kappa shape index (κ1) is 39.5. The Labute approximate surface area is 324 Å². The number of hydrogen-bond donors (Lipinski definition) is 0. The van der Waals surface area contributed by atoms with Crippen molar-refractivity contribution < 1.29 is 62.1 Å². The van der Waals surface area contributed by atoms with Crippen molar-refractivity contribution >= 4 is 9.84 Å². The second-order valence-electron chi connectivity index (χ2n) is 12.5. The van der Waals surface area contributed by atoms with E-state index < -0.39 is 79.1 Å². The fraction of sp³-hybridized carbons (Fsp3) is 0.0233. The van der Waals surface area contributed by atoms with E-state index in [2.05, 4.69) is 0 Å². The van der Waals surface area contributed by atoms with Gasteiger partial charge in [0.05, 0.1) is 20.9 Å². The molecule has 0 radical (unpaired) electrons. The van der Waals surface area contributed by atoms with Gasteiger partial charge in [-0.15, -0.1) is 0 Å². The number of halogens is 9. The molecule has 0 bridgehead atoms. The minimum Gasteiger partial charge on any atom is -0.457 e. The highest BCUT2D eigenvalue weighted by molar-refractivity contribution is 7.91. The summed E-state index contributed by atoms with van der Waals surface area (Å²) >= 11 is 0. The van der Waals surface area contributed by atoms with E-state index in [9.17, 15) is 47.9 Å². The second-order valence-corrected chi connectivity index (χ2v) is 14.5. The molecule has 0 unspecified atom stereocenters. The van der Waals surface area contributed by atoms with Gasteiger partial charge in [-0.2, -0.15) is 8.78 Å². The summed E-state index contributed by atoms with van der Waals surface area (Å²) in [6.45, 7) is 1.95. The van der Waals surface area contributed by atoms with E-state index in [1.54, 1.807) is 36.4 Å². The predicted molar refractivity (Wildman–Crippen MR) is 193 cm³/mol. The van der Waals surface area contributed by atoms with E-state index in [0.717, 1.165) is 5.56 Å². The molecular weight excluding hydrogens is 800 g/mol. The van der Waals surface area contributed by atoms with Gasteiger partial charge >= 0.3 is 0 Å². The van der Waals surface area contributed by atoms with Crippen LogP contribution in [-0.4, -0.2) is 8.42 Å². The summed E-state index contributed by atoms with van der Waals surface area (Å²) < 4.78 is 172. The van der Waals surface area contributed by atoms with Crippen LogP contribution in [0, 0.1) is 59.3 Å². The predicted octanol–water partition coefficient (Wildman–Crippen LogP) is 12.8. The highest BCUT2D eigenvalue weighted by atomic mass is 32.2. The molecule has 0 amide bonds. The van der Waals surface area contributed by atoms with Crippen LogP contribution in [0.1, 0.15) is 5.56 Å². The maximum absolute atomic E-state index is 14.9. The zero-order chi connectivity index (χ0) is 41.5. The van der Waals surface area contributed by atoms with Gasteiger partial charge in [0.25, 0.3) is 0 Å². The van der Waals surface area contributed by atoms with Crippen LogP contribution in [0.3, 0.4) is 0 Å². The van der Waals surface area contributed by atoms with Gasteiger partial charge in [0.2, 0.25) is 33.0 Å². The summed E-state index contributed by atoms with van der Waals surface area (Å²) in [6, 6.07) is 30.9. The number of ether oxygens (including phenoxy) is 3. The topological polar surface area (TPSA) is 61.8 Å². The van der Waals surface area contributed by atoms with Crippen LogP contribution in [0.2, 0.25) is 0 Å². The Bertz CT molecular complexity index is 2720. The van der Waals surface area contributed by atoms with Gasteiger partial charge in [-0.1, -0.05) is 42.0 Å². The summed E-state index contributed by atoms with van der Waals surface area (Å²) in [7, 11) is -3.86. The van der Waals surface area contributed by atoms with Crippen molar-refractivity contribution in [3.8, 4) is 56.8 Å². The first-order valence-electron chi connectivity index (χ1n) is 16.8. The molecule has 0 atom stereocenters. The Morgan fingerprint density at radius 1 is 0.345 bits per heavy atom. The van der Waals surface area contributed by atoms with Gasteiger partial charge in [-0.05, 0) is 103 Å². The van der Waals surface area contributed by atoms with Crippen LogP contribution in [0.25, 0.3) is 22.3 Å².